The van der Waals surface area contributed by atoms with Gasteiger partial charge >= 0.3 is 0 Å². The molecular weight excluding hydrogens is 309 g/mol. The first-order valence-electron chi connectivity index (χ1n) is 6.60. The molecular formula is C15H17ClFN3S. The first-order chi connectivity index (χ1) is 10.2. The summed E-state index contributed by atoms with van der Waals surface area (Å²) in [5, 5.41) is 8.95. The Kier molecular flexibility index (Phi) is 6.02. The maximum absolute atomic E-state index is 13.0. The van der Waals surface area contributed by atoms with E-state index in [2.05, 4.69) is 21.7 Å². The fourth-order valence-electron chi connectivity index (χ4n) is 1.84. The number of guanidine groups is 1. The number of halogens is 2. The van der Waals surface area contributed by atoms with Crippen molar-refractivity contribution in [3.05, 3.63) is 57.0 Å². The Hall–Kier alpha value is -1.59. The Morgan fingerprint density at radius 1 is 1.33 bits per heavy atom. The summed E-state index contributed by atoms with van der Waals surface area (Å²) in [5.74, 6) is 0.423. The molecule has 3 nitrogen and oxygen atoms in total. The van der Waals surface area contributed by atoms with E-state index in [4.69, 9.17) is 11.6 Å². The first kappa shape index (κ1) is 15.8. The number of thiophene rings is 1. The molecule has 0 saturated heterocycles. The van der Waals surface area contributed by atoms with Gasteiger partial charge in [-0.15, -0.1) is 11.3 Å². The van der Waals surface area contributed by atoms with Crippen LogP contribution in [0, 0.1) is 5.82 Å². The molecule has 1 heterocycles. The molecule has 0 saturated carbocycles. The highest BCUT2D eigenvalue weighted by Crippen LogP contribution is 2.17. The summed E-state index contributed by atoms with van der Waals surface area (Å²) in [6.45, 7) is 1.42. The van der Waals surface area contributed by atoms with Crippen LogP contribution in [0.5, 0.6) is 0 Å². The van der Waals surface area contributed by atoms with Gasteiger partial charge in [0.05, 0.1) is 6.54 Å². The normalized spacial score (nSPS) is 11.5. The van der Waals surface area contributed by atoms with Crippen LogP contribution in [0.1, 0.15) is 10.4 Å². The van der Waals surface area contributed by atoms with E-state index in [1.54, 1.807) is 24.5 Å². The fourth-order valence-corrected chi connectivity index (χ4v) is 2.75. The topological polar surface area (TPSA) is 36.4 Å². The quantitative estimate of drug-likeness (QED) is 0.652. The lowest BCUT2D eigenvalue weighted by molar-refractivity contribution is 0.627. The van der Waals surface area contributed by atoms with Crippen LogP contribution >= 0.6 is 22.9 Å². The molecule has 2 aromatic rings. The smallest absolute Gasteiger partial charge is 0.191 e. The summed E-state index contributed by atoms with van der Waals surface area (Å²) >= 11 is 7.70. The Labute approximate surface area is 132 Å². The fraction of sp³-hybridized carbons (Fsp3) is 0.267. The highest BCUT2D eigenvalue weighted by atomic mass is 35.5. The summed E-state index contributed by atoms with van der Waals surface area (Å²) in [4.78, 5) is 5.41. The molecule has 0 aliphatic carbocycles. The largest absolute Gasteiger partial charge is 0.356 e. The van der Waals surface area contributed by atoms with Gasteiger partial charge in [0.2, 0.25) is 0 Å². The average Bonchev–Trinajstić information content (AvgIpc) is 2.98. The van der Waals surface area contributed by atoms with Crippen LogP contribution in [0.3, 0.4) is 0 Å². The lowest BCUT2D eigenvalue weighted by atomic mass is 10.1. The minimum atomic E-state index is -0.315. The van der Waals surface area contributed by atoms with Crippen molar-refractivity contribution in [2.24, 2.45) is 4.99 Å². The number of nitrogens with one attached hydrogen (secondary N) is 2. The first-order valence-corrected chi connectivity index (χ1v) is 7.85. The number of benzene rings is 1. The van der Waals surface area contributed by atoms with Gasteiger partial charge in [0.1, 0.15) is 5.82 Å². The summed E-state index contributed by atoms with van der Waals surface area (Å²) in [6, 6.07) is 8.56. The van der Waals surface area contributed by atoms with Crippen molar-refractivity contribution in [2.45, 2.75) is 13.0 Å². The molecule has 2 rings (SSSR count). The van der Waals surface area contributed by atoms with Crippen molar-refractivity contribution in [3.63, 3.8) is 0 Å². The molecule has 0 amide bonds. The van der Waals surface area contributed by atoms with Gasteiger partial charge in [0.15, 0.2) is 5.96 Å². The maximum atomic E-state index is 13.0. The molecule has 0 aliphatic rings. The summed E-state index contributed by atoms with van der Waals surface area (Å²) in [6.07, 6.45) is 0.707. The molecule has 1 aromatic carbocycles. The van der Waals surface area contributed by atoms with Crippen molar-refractivity contribution >= 4 is 28.9 Å². The minimum absolute atomic E-state index is 0.315. The van der Waals surface area contributed by atoms with Crippen molar-refractivity contribution in [1.29, 1.82) is 0 Å². The van der Waals surface area contributed by atoms with E-state index in [0.29, 0.717) is 18.0 Å². The number of hydrogen-bond acceptors (Lipinski definition) is 2. The predicted octanol–water partition coefficient (Wildman–Crippen LogP) is 3.45. The van der Waals surface area contributed by atoms with Gasteiger partial charge in [0, 0.05) is 23.5 Å². The van der Waals surface area contributed by atoms with E-state index in [1.807, 2.05) is 11.4 Å². The standard InChI is InChI=1S/C15H17ClFN3S/c1-18-15(20-10-13-3-2-8-21-13)19-7-6-11-4-5-12(17)9-14(11)16/h2-5,8-9H,6-7,10H2,1H3,(H2,18,19,20). The van der Waals surface area contributed by atoms with E-state index in [1.165, 1.54) is 17.0 Å². The summed E-state index contributed by atoms with van der Waals surface area (Å²) < 4.78 is 13.0. The molecule has 1 aromatic heterocycles. The van der Waals surface area contributed by atoms with Crippen molar-refractivity contribution in [2.75, 3.05) is 13.6 Å². The molecule has 0 bridgehead atoms. The second-order valence-electron chi connectivity index (χ2n) is 4.42. The second-order valence-corrected chi connectivity index (χ2v) is 5.86. The Balaban J connectivity index is 1.78. The van der Waals surface area contributed by atoms with Crippen molar-refractivity contribution in [1.82, 2.24) is 10.6 Å². The van der Waals surface area contributed by atoms with Gasteiger partial charge in [-0.2, -0.15) is 0 Å². The van der Waals surface area contributed by atoms with Crippen LogP contribution in [0.15, 0.2) is 40.7 Å². The highest BCUT2D eigenvalue weighted by Gasteiger charge is 2.03. The van der Waals surface area contributed by atoms with E-state index in [0.717, 1.165) is 18.1 Å². The minimum Gasteiger partial charge on any atom is -0.356 e. The Morgan fingerprint density at radius 3 is 2.86 bits per heavy atom. The number of hydrogen-bond donors (Lipinski definition) is 2. The zero-order valence-corrected chi connectivity index (χ0v) is 13.3. The van der Waals surface area contributed by atoms with Gasteiger partial charge < -0.3 is 10.6 Å². The third kappa shape index (κ3) is 5.02. The molecule has 0 fully saturated rings. The van der Waals surface area contributed by atoms with Crippen LogP contribution in [0.2, 0.25) is 5.02 Å². The van der Waals surface area contributed by atoms with Gasteiger partial charge in [0.25, 0.3) is 0 Å². The molecule has 6 heteroatoms. The van der Waals surface area contributed by atoms with E-state index in [-0.39, 0.29) is 5.82 Å². The van der Waals surface area contributed by atoms with Crippen molar-refractivity contribution < 1.29 is 4.39 Å². The van der Waals surface area contributed by atoms with E-state index in [9.17, 15) is 4.39 Å². The monoisotopic (exact) mass is 325 g/mol. The van der Waals surface area contributed by atoms with Gasteiger partial charge in [-0.3, -0.25) is 4.99 Å². The molecule has 0 unspecified atom stereocenters. The lowest BCUT2D eigenvalue weighted by Crippen LogP contribution is -2.37. The van der Waals surface area contributed by atoms with Gasteiger partial charge in [-0.05, 0) is 35.6 Å². The molecule has 112 valence electrons. The third-order valence-corrected chi connectivity index (χ3v) is 4.16. The van der Waals surface area contributed by atoms with Crippen LogP contribution in [0.25, 0.3) is 0 Å². The third-order valence-electron chi connectivity index (χ3n) is 2.94. The molecule has 0 aliphatic heterocycles. The average molecular weight is 326 g/mol. The zero-order valence-electron chi connectivity index (χ0n) is 11.7. The van der Waals surface area contributed by atoms with Crippen LogP contribution in [0.4, 0.5) is 4.39 Å². The lowest BCUT2D eigenvalue weighted by Gasteiger charge is -2.11. The Morgan fingerprint density at radius 2 is 2.19 bits per heavy atom. The van der Waals surface area contributed by atoms with E-state index < -0.39 is 0 Å². The van der Waals surface area contributed by atoms with E-state index >= 15 is 0 Å². The summed E-state index contributed by atoms with van der Waals surface area (Å²) in [7, 11) is 1.73. The highest BCUT2D eigenvalue weighted by molar-refractivity contribution is 7.09. The molecule has 0 spiro atoms. The van der Waals surface area contributed by atoms with Crippen LogP contribution in [-0.4, -0.2) is 19.6 Å². The predicted molar refractivity (Wildman–Crippen MR) is 87.6 cm³/mol. The van der Waals surface area contributed by atoms with Crippen LogP contribution in [-0.2, 0) is 13.0 Å². The number of aliphatic imine (C=N–C) groups is 1. The molecule has 21 heavy (non-hydrogen) atoms. The zero-order chi connectivity index (χ0) is 15.1. The van der Waals surface area contributed by atoms with Gasteiger partial charge in [-0.1, -0.05) is 23.7 Å². The van der Waals surface area contributed by atoms with Crippen molar-refractivity contribution in [3.8, 4) is 0 Å². The SMILES string of the molecule is CN=C(NCCc1ccc(F)cc1Cl)NCc1cccs1. The molecule has 0 atom stereocenters. The maximum Gasteiger partial charge on any atom is 0.191 e. The van der Waals surface area contributed by atoms with Crippen LogP contribution < -0.4 is 10.6 Å². The Bertz CT molecular complexity index is 599. The van der Waals surface area contributed by atoms with Gasteiger partial charge in [-0.25, -0.2) is 4.39 Å². The number of nitrogens with zero attached hydrogens (tertiary/aromatic N) is 1. The second kappa shape index (κ2) is 8.00. The molecule has 2 N–H and O–H groups in total. The summed E-state index contributed by atoms with van der Waals surface area (Å²) in [5.41, 5.74) is 0.916. The molecule has 0 radical (unpaired) electrons. The number of rotatable bonds is 5.